The summed E-state index contributed by atoms with van der Waals surface area (Å²) < 4.78 is 0. The third kappa shape index (κ3) is 3.83. The molecular formula is C16H23NOS. The highest BCUT2D eigenvalue weighted by Crippen LogP contribution is 2.21. The molecule has 3 heteroatoms. The summed E-state index contributed by atoms with van der Waals surface area (Å²) in [7, 11) is 2.07. The van der Waals surface area contributed by atoms with Gasteiger partial charge in [0.05, 0.1) is 6.54 Å². The van der Waals surface area contributed by atoms with Crippen LogP contribution < -0.4 is 0 Å². The van der Waals surface area contributed by atoms with E-state index in [4.69, 9.17) is 0 Å². The first-order valence-electron chi connectivity index (χ1n) is 6.99. The van der Waals surface area contributed by atoms with Crippen LogP contribution in [0.15, 0.2) is 24.3 Å². The molecule has 1 atom stereocenters. The lowest BCUT2D eigenvalue weighted by atomic mass is 10.0. The van der Waals surface area contributed by atoms with Gasteiger partial charge in [0.25, 0.3) is 0 Å². The number of rotatable bonds is 5. The maximum absolute atomic E-state index is 12.2. The first kappa shape index (κ1) is 14.6. The van der Waals surface area contributed by atoms with Gasteiger partial charge in [-0.1, -0.05) is 38.1 Å². The fraction of sp³-hybridized carbons (Fsp3) is 0.562. The quantitative estimate of drug-likeness (QED) is 0.769. The van der Waals surface area contributed by atoms with Crippen LogP contribution in [0, 0.1) is 0 Å². The van der Waals surface area contributed by atoms with Gasteiger partial charge in [-0.15, -0.1) is 0 Å². The molecule has 2 nitrogen and oxygen atoms in total. The second-order valence-electron chi connectivity index (χ2n) is 5.63. The minimum atomic E-state index is 0.231. The summed E-state index contributed by atoms with van der Waals surface area (Å²) in [6, 6.07) is 8.65. The Balaban J connectivity index is 1.95. The second kappa shape index (κ2) is 6.58. The van der Waals surface area contributed by atoms with Gasteiger partial charge in [-0.05, 0) is 30.7 Å². The molecule has 1 aliphatic rings. The van der Waals surface area contributed by atoms with Crippen molar-refractivity contribution in [3.63, 3.8) is 0 Å². The van der Waals surface area contributed by atoms with Crippen LogP contribution in [0.4, 0.5) is 0 Å². The van der Waals surface area contributed by atoms with Gasteiger partial charge in [0.15, 0.2) is 5.78 Å². The fourth-order valence-corrected chi connectivity index (χ4v) is 3.67. The average molecular weight is 277 g/mol. The zero-order chi connectivity index (χ0) is 13.8. The average Bonchev–Trinajstić information content (AvgIpc) is 2.92. The van der Waals surface area contributed by atoms with Crippen molar-refractivity contribution < 1.29 is 4.79 Å². The minimum absolute atomic E-state index is 0.231. The Hall–Kier alpha value is -0.800. The van der Waals surface area contributed by atoms with E-state index in [0.29, 0.717) is 18.5 Å². The summed E-state index contributed by atoms with van der Waals surface area (Å²) in [5.41, 5.74) is 2.12. The van der Waals surface area contributed by atoms with Crippen LogP contribution in [-0.2, 0) is 0 Å². The van der Waals surface area contributed by atoms with E-state index in [2.05, 4.69) is 37.9 Å². The zero-order valence-corrected chi connectivity index (χ0v) is 12.9. The van der Waals surface area contributed by atoms with Gasteiger partial charge < -0.3 is 0 Å². The van der Waals surface area contributed by atoms with Gasteiger partial charge in [0.1, 0.15) is 0 Å². The number of hydrogen-bond donors (Lipinski definition) is 0. The standard InChI is InChI=1S/C16H23NOS/c1-12(2)13-4-6-14(7-5-13)16(18)10-17(3)15-8-9-19-11-15/h4-7,12,15H,8-11H2,1-3H3. The molecule has 0 bridgehead atoms. The zero-order valence-electron chi connectivity index (χ0n) is 12.1. The first-order chi connectivity index (χ1) is 9.08. The summed E-state index contributed by atoms with van der Waals surface area (Å²) in [5.74, 6) is 3.14. The van der Waals surface area contributed by atoms with E-state index in [9.17, 15) is 4.79 Å². The van der Waals surface area contributed by atoms with Crippen LogP contribution in [0.1, 0.15) is 42.1 Å². The molecule has 104 valence electrons. The number of hydrogen-bond acceptors (Lipinski definition) is 3. The van der Waals surface area contributed by atoms with Crippen molar-refractivity contribution in [2.24, 2.45) is 0 Å². The van der Waals surface area contributed by atoms with Gasteiger partial charge in [0.2, 0.25) is 0 Å². The molecule has 1 saturated heterocycles. The molecule has 1 unspecified atom stereocenters. The number of carbonyl (C=O) groups is 1. The van der Waals surface area contributed by atoms with Gasteiger partial charge >= 0.3 is 0 Å². The molecule has 0 saturated carbocycles. The number of benzene rings is 1. The smallest absolute Gasteiger partial charge is 0.176 e. The third-order valence-corrected chi connectivity index (χ3v) is 4.97. The number of thioether (sulfide) groups is 1. The van der Waals surface area contributed by atoms with Crippen LogP contribution in [0.25, 0.3) is 0 Å². The summed E-state index contributed by atoms with van der Waals surface area (Å²) in [6.45, 7) is 4.87. The fourth-order valence-electron chi connectivity index (χ4n) is 2.37. The maximum Gasteiger partial charge on any atom is 0.176 e. The Morgan fingerprint density at radius 1 is 1.37 bits per heavy atom. The topological polar surface area (TPSA) is 20.3 Å². The molecule has 0 amide bonds. The molecular weight excluding hydrogens is 254 g/mol. The monoisotopic (exact) mass is 277 g/mol. The number of carbonyl (C=O) groups excluding carboxylic acids is 1. The normalized spacial score (nSPS) is 19.3. The Labute approximate surface area is 120 Å². The minimum Gasteiger partial charge on any atom is -0.295 e. The molecule has 0 N–H and O–H groups in total. The lowest BCUT2D eigenvalue weighted by Crippen LogP contribution is -2.35. The maximum atomic E-state index is 12.2. The second-order valence-corrected chi connectivity index (χ2v) is 6.78. The van der Waals surface area contributed by atoms with Gasteiger partial charge in [0, 0.05) is 17.4 Å². The van der Waals surface area contributed by atoms with Crippen molar-refractivity contribution in [3.8, 4) is 0 Å². The van der Waals surface area contributed by atoms with Crippen molar-refractivity contribution in [2.45, 2.75) is 32.2 Å². The molecule has 2 rings (SSSR count). The molecule has 0 aromatic heterocycles. The van der Waals surface area contributed by atoms with E-state index in [0.717, 1.165) is 11.3 Å². The van der Waals surface area contributed by atoms with Gasteiger partial charge in [-0.3, -0.25) is 9.69 Å². The molecule has 1 fully saturated rings. The summed E-state index contributed by atoms with van der Waals surface area (Å²) >= 11 is 1.99. The van der Waals surface area contributed by atoms with Crippen LogP contribution in [0.5, 0.6) is 0 Å². The summed E-state index contributed by atoms with van der Waals surface area (Å²) in [4.78, 5) is 14.5. The Bertz CT molecular complexity index is 421. The van der Waals surface area contributed by atoms with Gasteiger partial charge in [-0.2, -0.15) is 11.8 Å². The van der Waals surface area contributed by atoms with E-state index < -0.39 is 0 Å². The highest BCUT2D eigenvalue weighted by Gasteiger charge is 2.21. The van der Waals surface area contributed by atoms with Crippen LogP contribution in [-0.4, -0.2) is 41.8 Å². The van der Waals surface area contributed by atoms with E-state index >= 15 is 0 Å². The predicted molar refractivity (Wildman–Crippen MR) is 83.2 cm³/mol. The third-order valence-electron chi connectivity index (χ3n) is 3.82. The Kier molecular flexibility index (Phi) is 5.06. The molecule has 0 aliphatic carbocycles. The Morgan fingerprint density at radius 3 is 2.58 bits per heavy atom. The summed E-state index contributed by atoms with van der Waals surface area (Å²) in [5, 5.41) is 0. The molecule has 0 radical (unpaired) electrons. The lowest BCUT2D eigenvalue weighted by Gasteiger charge is -2.22. The van der Waals surface area contributed by atoms with Crippen molar-refractivity contribution >= 4 is 17.5 Å². The van der Waals surface area contributed by atoms with E-state index in [1.807, 2.05) is 23.9 Å². The van der Waals surface area contributed by atoms with Crippen molar-refractivity contribution in [2.75, 3.05) is 25.1 Å². The SMILES string of the molecule is CC(C)c1ccc(C(=O)CN(C)C2CCSC2)cc1. The summed E-state index contributed by atoms with van der Waals surface area (Å²) in [6.07, 6.45) is 1.21. The van der Waals surface area contributed by atoms with Crippen LogP contribution in [0.2, 0.25) is 0 Å². The highest BCUT2D eigenvalue weighted by molar-refractivity contribution is 7.99. The molecule has 1 aromatic carbocycles. The molecule has 0 spiro atoms. The lowest BCUT2D eigenvalue weighted by molar-refractivity contribution is 0.0927. The van der Waals surface area contributed by atoms with E-state index in [1.165, 1.54) is 17.7 Å². The Morgan fingerprint density at radius 2 is 2.05 bits per heavy atom. The highest BCUT2D eigenvalue weighted by atomic mass is 32.2. The van der Waals surface area contributed by atoms with Crippen LogP contribution >= 0.6 is 11.8 Å². The van der Waals surface area contributed by atoms with E-state index in [1.54, 1.807) is 0 Å². The van der Waals surface area contributed by atoms with Crippen LogP contribution in [0.3, 0.4) is 0 Å². The molecule has 19 heavy (non-hydrogen) atoms. The van der Waals surface area contributed by atoms with E-state index in [-0.39, 0.29) is 5.78 Å². The molecule has 1 aliphatic heterocycles. The number of nitrogens with zero attached hydrogens (tertiary/aromatic N) is 1. The number of ketones is 1. The molecule has 1 heterocycles. The first-order valence-corrected chi connectivity index (χ1v) is 8.14. The van der Waals surface area contributed by atoms with Gasteiger partial charge in [-0.25, -0.2) is 0 Å². The van der Waals surface area contributed by atoms with Crippen molar-refractivity contribution in [1.29, 1.82) is 0 Å². The largest absolute Gasteiger partial charge is 0.295 e. The number of likely N-dealkylation sites (N-methyl/N-ethyl adjacent to an activating group) is 1. The van der Waals surface area contributed by atoms with Crippen molar-refractivity contribution in [3.05, 3.63) is 35.4 Å². The van der Waals surface area contributed by atoms with Crippen molar-refractivity contribution in [1.82, 2.24) is 4.90 Å². The molecule has 1 aromatic rings. The number of Topliss-reactive ketones (excluding diaryl/α,β-unsaturated/α-hetero) is 1. The predicted octanol–water partition coefficient (Wildman–Crippen LogP) is 3.43.